The number of hydrogen-bond donors (Lipinski definition) is 2. The van der Waals surface area contributed by atoms with Crippen molar-refractivity contribution in [1.82, 2.24) is 0 Å². The van der Waals surface area contributed by atoms with Gasteiger partial charge in [0.15, 0.2) is 0 Å². The molecular weight excluding hydrogens is 997 g/mol. The van der Waals surface area contributed by atoms with Crippen LogP contribution < -0.4 is 63.7 Å². The summed E-state index contributed by atoms with van der Waals surface area (Å²) in [6, 6.07) is 104. The Labute approximate surface area is 451 Å². The van der Waals surface area contributed by atoms with Crippen molar-refractivity contribution in [3.63, 3.8) is 0 Å². The molecule has 0 amide bonds. The van der Waals surface area contributed by atoms with Crippen molar-refractivity contribution in [2.24, 2.45) is 0 Å². The third-order valence-electron chi connectivity index (χ3n) is 13.0. The molecule has 2 N–H and O–H groups in total. The van der Waals surface area contributed by atoms with Crippen LogP contribution in [0.5, 0.6) is 0 Å². The molecule has 76 heavy (non-hydrogen) atoms. The van der Waals surface area contributed by atoms with Crippen molar-refractivity contribution < 1.29 is 0 Å². The molecule has 8 heteroatoms. The highest BCUT2D eigenvalue weighted by atomic mass is 31.1. The second-order valence-corrected chi connectivity index (χ2v) is 25.3. The standard InChI is InChI=1S/C68H50N4P4/c69-47-51-43-67(71-65-39-37-55(73-53-23-7-1-8-24-53)45-63(65)49-21-19-35-61(41-49)75(57-27-11-3-12-28-57)58-29-13-4-14-30-58)68(44-52(51)48-70)72-66-40-38-56(74-54-25-9-2-10-26-54)46-64(66)50-22-20-36-62(42-50)76(59-31-15-5-16-32-59)60-33-17-6-18-34-60/h1-46,71-74H. The van der Waals surface area contributed by atoms with Crippen molar-refractivity contribution in [2.75, 3.05) is 10.6 Å². The molecule has 362 valence electrons. The van der Waals surface area contributed by atoms with Gasteiger partial charge < -0.3 is 10.6 Å². The Bertz CT molecular complexity index is 3510. The first-order chi connectivity index (χ1) is 37.6. The maximum atomic E-state index is 10.5. The molecule has 4 nitrogen and oxygen atoms in total. The van der Waals surface area contributed by atoms with Crippen LogP contribution in [0.25, 0.3) is 22.3 Å². The van der Waals surface area contributed by atoms with Gasteiger partial charge in [0.2, 0.25) is 0 Å². The molecule has 0 fully saturated rings. The molecule has 0 aliphatic heterocycles. The minimum Gasteiger partial charge on any atom is -0.353 e. The number of nitrogens with zero attached hydrogens (tertiary/aromatic N) is 2. The van der Waals surface area contributed by atoms with Crippen LogP contribution in [0.2, 0.25) is 0 Å². The zero-order valence-corrected chi connectivity index (χ0v) is 45.1. The quantitative estimate of drug-likeness (QED) is 0.0946. The van der Waals surface area contributed by atoms with Gasteiger partial charge in [-0.05, 0) is 129 Å². The third-order valence-corrected chi connectivity index (χ3v) is 20.3. The molecule has 0 bridgehead atoms. The second-order valence-electron chi connectivity index (χ2n) is 18.0. The van der Waals surface area contributed by atoms with Gasteiger partial charge in [-0.15, -0.1) is 0 Å². The molecule has 0 heterocycles. The summed E-state index contributed by atoms with van der Waals surface area (Å²) in [6.45, 7) is 0. The molecule has 0 aromatic heterocycles. The van der Waals surface area contributed by atoms with E-state index in [1.807, 2.05) is 12.1 Å². The average Bonchev–Trinajstić information content (AvgIpc) is 3.48. The van der Waals surface area contributed by atoms with E-state index in [4.69, 9.17) is 0 Å². The zero-order chi connectivity index (χ0) is 51.5. The SMILES string of the molecule is N#Cc1cc(Nc2ccc(Pc3ccccc3)cc2-c2cccc(P(c3ccccc3)c3ccccc3)c2)c(Nc2ccc(Pc3ccccc3)cc2-c2cccc(P(c3ccccc3)c3ccccc3)c2)cc1C#N. The second kappa shape index (κ2) is 23.9. The molecule has 11 rings (SSSR count). The molecule has 0 saturated heterocycles. The lowest BCUT2D eigenvalue weighted by atomic mass is 10.0. The van der Waals surface area contributed by atoms with Gasteiger partial charge in [-0.2, -0.15) is 10.5 Å². The van der Waals surface area contributed by atoms with Crippen LogP contribution in [0.3, 0.4) is 0 Å². The summed E-state index contributed by atoms with van der Waals surface area (Å²) >= 11 is 0. The Kier molecular flexibility index (Phi) is 15.7. The summed E-state index contributed by atoms with van der Waals surface area (Å²) in [7, 11) is -0.842. The average molecular weight is 1050 g/mol. The Morgan fingerprint density at radius 2 is 0.592 bits per heavy atom. The third kappa shape index (κ3) is 11.6. The lowest BCUT2D eigenvalue weighted by Crippen LogP contribution is -2.20. The van der Waals surface area contributed by atoms with Gasteiger partial charge in [-0.3, -0.25) is 0 Å². The van der Waals surface area contributed by atoms with Crippen LogP contribution in [0.1, 0.15) is 11.1 Å². The number of rotatable bonds is 16. The largest absolute Gasteiger partial charge is 0.353 e. The van der Waals surface area contributed by atoms with Crippen LogP contribution in [-0.2, 0) is 0 Å². The topological polar surface area (TPSA) is 71.6 Å². The normalized spacial score (nSPS) is 11.3. The highest BCUT2D eigenvalue weighted by Crippen LogP contribution is 2.41. The minimum absolute atomic E-state index is 0.292. The summed E-state index contributed by atoms with van der Waals surface area (Å²) in [5.74, 6) is 0. The van der Waals surface area contributed by atoms with E-state index < -0.39 is 15.8 Å². The van der Waals surface area contributed by atoms with Gasteiger partial charge in [-0.25, -0.2) is 0 Å². The lowest BCUT2D eigenvalue weighted by molar-refractivity contribution is 1.41. The fourth-order valence-corrected chi connectivity index (χ4v) is 16.3. The molecule has 0 saturated carbocycles. The van der Waals surface area contributed by atoms with Crippen LogP contribution in [-0.4, -0.2) is 0 Å². The minimum atomic E-state index is -0.867. The molecular formula is C68H50N4P4. The molecule has 2 atom stereocenters. The first-order valence-electron chi connectivity index (χ1n) is 25.0. The fraction of sp³-hybridized carbons (Fsp3) is 0. The first kappa shape index (κ1) is 49.9. The predicted molar refractivity (Wildman–Crippen MR) is 332 cm³/mol. The smallest absolute Gasteiger partial charge is 0.101 e. The number of anilines is 4. The predicted octanol–water partition coefficient (Wildman–Crippen LogP) is 13.0. The number of nitriles is 2. The van der Waals surface area contributed by atoms with Crippen LogP contribution in [0, 0.1) is 22.7 Å². The number of benzene rings is 11. The highest BCUT2D eigenvalue weighted by Gasteiger charge is 2.21. The molecule has 2 unspecified atom stereocenters. The highest BCUT2D eigenvalue weighted by molar-refractivity contribution is 7.80. The van der Waals surface area contributed by atoms with Crippen LogP contribution in [0.4, 0.5) is 22.7 Å². The Morgan fingerprint density at radius 3 is 0.921 bits per heavy atom. The van der Waals surface area contributed by atoms with Gasteiger partial charge in [0.1, 0.15) is 12.1 Å². The molecule has 11 aromatic rings. The van der Waals surface area contributed by atoms with Gasteiger partial charge in [0.25, 0.3) is 0 Å². The van der Waals surface area contributed by atoms with Crippen molar-refractivity contribution in [2.45, 2.75) is 0 Å². The maximum Gasteiger partial charge on any atom is 0.101 e. The van der Waals surface area contributed by atoms with E-state index in [1.165, 1.54) is 53.0 Å². The van der Waals surface area contributed by atoms with E-state index in [2.05, 4.69) is 290 Å². The molecule has 0 aliphatic rings. The van der Waals surface area contributed by atoms with Crippen molar-refractivity contribution >= 4 is 109 Å². The lowest BCUT2D eigenvalue weighted by Gasteiger charge is -2.22. The Morgan fingerprint density at radius 1 is 0.276 bits per heavy atom. The number of nitrogens with one attached hydrogen (secondary N) is 2. The Hall–Kier alpha value is -8.28. The fourth-order valence-electron chi connectivity index (χ4n) is 9.43. The molecule has 0 radical (unpaired) electrons. The monoisotopic (exact) mass is 1050 g/mol. The van der Waals surface area contributed by atoms with Crippen molar-refractivity contribution in [1.29, 1.82) is 10.5 Å². The van der Waals surface area contributed by atoms with Gasteiger partial charge in [0, 0.05) is 22.5 Å². The van der Waals surface area contributed by atoms with E-state index in [0.29, 0.717) is 39.7 Å². The van der Waals surface area contributed by atoms with Crippen molar-refractivity contribution in [3.8, 4) is 34.4 Å². The van der Waals surface area contributed by atoms with Crippen LogP contribution >= 0.6 is 33.0 Å². The van der Waals surface area contributed by atoms with E-state index >= 15 is 0 Å². The van der Waals surface area contributed by atoms with E-state index in [-0.39, 0.29) is 0 Å². The molecule has 0 aliphatic carbocycles. The molecule has 0 spiro atoms. The van der Waals surface area contributed by atoms with Gasteiger partial charge in [-0.1, -0.05) is 248 Å². The molecule has 11 aromatic carbocycles. The van der Waals surface area contributed by atoms with E-state index in [1.54, 1.807) is 0 Å². The summed E-state index contributed by atoms with van der Waals surface area (Å²) in [4.78, 5) is 0. The summed E-state index contributed by atoms with van der Waals surface area (Å²) in [5.41, 5.74) is 7.90. The summed E-state index contributed by atoms with van der Waals surface area (Å²) in [6.07, 6.45) is 0. The maximum absolute atomic E-state index is 10.5. The Balaban J connectivity index is 1.03. The van der Waals surface area contributed by atoms with Gasteiger partial charge in [0.05, 0.1) is 22.5 Å². The van der Waals surface area contributed by atoms with Crippen LogP contribution in [0.15, 0.2) is 279 Å². The summed E-state index contributed by atoms with van der Waals surface area (Å²) < 4.78 is 0. The van der Waals surface area contributed by atoms with Gasteiger partial charge >= 0.3 is 0 Å². The zero-order valence-electron chi connectivity index (χ0n) is 41.3. The number of hydrogen-bond acceptors (Lipinski definition) is 4. The first-order valence-corrected chi connectivity index (χ1v) is 29.7. The van der Waals surface area contributed by atoms with Crippen molar-refractivity contribution in [3.05, 3.63) is 290 Å². The van der Waals surface area contributed by atoms with E-state index in [9.17, 15) is 10.5 Å². The van der Waals surface area contributed by atoms with E-state index in [0.717, 1.165) is 33.6 Å². The summed E-state index contributed by atoms with van der Waals surface area (Å²) in [5, 5.41) is 41.3.